The van der Waals surface area contributed by atoms with Crippen molar-refractivity contribution >= 4 is 11.6 Å². The number of carbonyl (C=O) groups excluding carboxylic acids is 1. The Kier molecular flexibility index (Phi) is 4.46. The molecule has 0 radical (unpaired) electrons. The number of likely N-dealkylation sites (N-methyl/N-ethyl adjacent to an activating group) is 1. The summed E-state index contributed by atoms with van der Waals surface area (Å²) in [5, 5.41) is 0. The Bertz CT molecular complexity index is 426. The lowest BCUT2D eigenvalue weighted by atomic mass is 9.86. The SMILES string of the molecule is CCN(C(=O)[C@@H](N)C(C)(C)C)c1cccc(F)c1. The Morgan fingerprint density at radius 3 is 2.50 bits per heavy atom. The van der Waals surface area contributed by atoms with Gasteiger partial charge < -0.3 is 10.6 Å². The van der Waals surface area contributed by atoms with Crippen LogP contribution in [-0.2, 0) is 4.79 Å². The van der Waals surface area contributed by atoms with E-state index in [-0.39, 0.29) is 17.1 Å². The van der Waals surface area contributed by atoms with Crippen LogP contribution in [0, 0.1) is 11.2 Å². The summed E-state index contributed by atoms with van der Waals surface area (Å²) in [5.41, 5.74) is 6.18. The van der Waals surface area contributed by atoms with E-state index in [4.69, 9.17) is 5.73 Å². The molecule has 0 saturated carbocycles. The van der Waals surface area contributed by atoms with Crippen LogP contribution in [0.15, 0.2) is 24.3 Å². The van der Waals surface area contributed by atoms with E-state index in [1.165, 1.54) is 17.0 Å². The molecule has 18 heavy (non-hydrogen) atoms. The van der Waals surface area contributed by atoms with E-state index in [1.54, 1.807) is 12.1 Å². The molecule has 0 aliphatic rings. The Hall–Kier alpha value is -1.42. The minimum absolute atomic E-state index is 0.185. The Labute approximate surface area is 108 Å². The zero-order valence-electron chi connectivity index (χ0n) is 11.4. The molecule has 1 amide bonds. The van der Waals surface area contributed by atoms with Crippen molar-refractivity contribution in [3.63, 3.8) is 0 Å². The molecule has 4 heteroatoms. The number of amides is 1. The van der Waals surface area contributed by atoms with Crippen molar-refractivity contribution in [2.45, 2.75) is 33.7 Å². The molecule has 0 aliphatic heterocycles. The number of hydrogen-bond acceptors (Lipinski definition) is 2. The van der Waals surface area contributed by atoms with Gasteiger partial charge in [0.2, 0.25) is 5.91 Å². The fourth-order valence-corrected chi connectivity index (χ4v) is 1.65. The van der Waals surface area contributed by atoms with Gasteiger partial charge in [0.25, 0.3) is 0 Å². The second kappa shape index (κ2) is 5.48. The van der Waals surface area contributed by atoms with E-state index in [0.29, 0.717) is 12.2 Å². The number of carbonyl (C=O) groups is 1. The molecule has 0 aromatic heterocycles. The summed E-state index contributed by atoms with van der Waals surface area (Å²) in [6, 6.07) is 5.38. The Morgan fingerprint density at radius 2 is 2.06 bits per heavy atom. The van der Waals surface area contributed by atoms with E-state index in [2.05, 4.69) is 0 Å². The average Bonchev–Trinajstić information content (AvgIpc) is 2.27. The van der Waals surface area contributed by atoms with Gasteiger partial charge in [-0.2, -0.15) is 0 Å². The van der Waals surface area contributed by atoms with Crippen LogP contribution >= 0.6 is 0 Å². The van der Waals surface area contributed by atoms with Gasteiger partial charge in [-0.05, 0) is 30.5 Å². The molecule has 3 nitrogen and oxygen atoms in total. The van der Waals surface area contributed by atoms with Crippen molar-refractivity contribution in [2.75, 3.05) is 11.4 Å². The summed E-state index contributed by atoms with van der Waals surface area (Å²) in [5.74, 6) is -0.543. The Morgan fingerprint density at radius 1 is 1.44 bits per heavy atom. The molecular formula is C14H21FN2O. The molecule has 0 saturated heterocycles. The number of anilines is 1. The van der Waals surface area contributed by atoms with Gasteiger partial charge in [-0.15, -0.1) is 0 Å². The maximum atomic E-state index is 13.2. The highest BCUT2D eigenvalue weighted by Gasteiger charge is 2.31. The number of rotatable bonds is 3. The molecule has 0 unspecified atom stereocenters. The van der Waals surface area contributed by atoms with Gasteiger partial charge in [-0.25, -0.2) is 4.39 Å². The molecule has 0 bridgehead atoms. The highest BCUT2D eigenvalue weighted by Crippen LogP contribution is 2.22. The van der Waals surface area contributed by atoms with Crippen LogP contribution in [0.25, 0.3) is 0 Å². The fraction of sp³-hybridized carbons (Fsp3) is 0.500. The van der Waals surface area contributed by atoms with Crippen LogP contribution in [0.2, 0.25) is 0 Å². The van der Waals surface area contributed by atoms with Crippen LogP contribution in [0.1, 0.15) is 27.7 Å². The summed E-state index contributed by atoms with van der Waals surface area (Å²) in [6.07, 6.45) is 0. The predicted octanol–water partition coefficient (Wildman–Crippen LogP) is 2.55. The zero-order chi connectivity index (χ0) is 13.9. The van der Waals surface area contributed by atoms with Crippen molar-refractivity contribution < 1.29 is 9.18 Å². The first-order valence-corrected chi connectivity index (χ1v) is 6.10. The summed E-state index contributed by atoms with van der Waals surface area (Å²) < 4.78 is 13.2. The molecule has 0 fully saturated rings. The second-order valence-electron chi connectivity index (χ2n) is 5.41. The highest BCUT2D eigenvalue weighted by molar-refractivity contribution is 5.97. The third-order valence-electron chi connectivity index (χ3n) is 2.90. The van der Waals surface area contributed by atoms with Crippen LogP contribution in [0.5, 0.6) is 0 Å². The van der Waals surface area contributed by atoms with Crippen LogP contribution in [0.3, 0.4) is 0 Å². The normalized spacial score (nSPS) is 13.2. The van der Waals surface area contributed by atoms with E-state index >= 15 is 0 Å². The van der Waals surface area contributed by atoms with Gasteiger partial charge in [0.15, 0.2) is 0 Å². The first-order valence-electron chi connectivity index (χ1n) is 6.10. The largest absolute Gasteiger partial charge is 0.319 e. The van der Waals surface area contributed by atoms with Gasteiger partial charge in [0.1, 0.15) is 5.82 Å². The van der Waals surface area contributed by atoms with Gasteiger partial charge in [-0.3, -0.25) is 4.79 Å². The van der Waals surface area contributed by atoms with Gasteiger partial charge in [-0.1, -0.05) is 26.8 Å². The maximum Gasteiger partial charge on any atom is 0.244 e. The third-order valence-corrected chi connectivity index (χ3v) is 2.90. The third kappa shape index (κ3) is 3.29. The Balaban J connectivity index is 3.01. The predicted molar refractivity (Wildman–Crippen MR) is 71.9 cm³/mol. The first kappa shape index (κ1) is 14.6. The van der Waals surface area contributed by atoms with Crippen molar-refractivity contribution in [1.82, 2.24) is 0 Å². The molecular weight excluding hydrogens is 231 g/mol. The molecule has 0 aliphatic carbocycles. The minimum Gasteiger partial charge on any atom is -0.319 e. The number of nitrogens with two attached hydrogens (primary N) is 1. The van der Waals surface area contributed by atoms with Crippen molar-refractivity contribution in [3.8, 4) is 0 Å². The second-order valence-corrected chi connectivity index (χ2v) is 5.41. The standard InChI is InChI=1S/C14H21FN2O/c1-5-17(11-8-6-7-10(15)9-11)13(18)12(16)14(2,3)4/h6-9,12H,5,16H2,1-4H3/t12-/m1/s1. The maximum absolute atomic E-state index is 13.2. The zero-order valence-corrected chi connectivity index (χ0v) is 11.4. The van der Waals surface area contributed by atoms with E-state index in [1.807, 2.05) is 27.7 Å². The number of benzene rings is 1. The van der Waals surface area contributed by atoms with E-state index < -0.39 is 6.04 Å². The lowest BCUT2D eigenvalue weighted by molar-refractivity contribution is -0.121. The van der Waals surface area contributed by atoms with Crippen molar-refractivity contribution in [3.05, 3.63) is 30.1 Å². The first-order chi connectivity index (χ1) is 8.27. The molecule has 100 valence electrons. The molecule has 0 spiro atoms. The van der Waals surface area contributed by atoms with Gasteiger partial charge >= 0.3 is 0 Å². The van der Waals surface area contributed by atoms with Gasteiger partial charge in [0.05, 0.1) is 6.04 Å². The summed E-state index contributed by atoms with van der Waals surface area (Å²) in [4.78, 5) is 13.8. The average molecular weight is 252 g/mol. The van der Waals surface area contributed by atoms with Gasteiger partial charge in [0, 0.05) is 12.2 Å². The molecule has 1 rings (SSSR count). The van der Waals surface area contributed by atoms with E-state index in [9.17, 15) is 9.18 Å². The van der Waals surface area contributed by atoms with Crippen LogP contribution in [-0.4, -0.2) is 18.5 Å². The molecule has 2 N–H and O–H groups in total. The molecule has 1 aromatic carbocycles. The minimum atomic E-state index is -0.610. The monoisotopic (exact) mass is 252 g/mol. The number of nitrogens with zero attached hydrogens (tertiary/aromatic N) is 1. The molecule has 1 atom stereocenters. The fourth-order valence-electron chi connectivity index (χ4n) is 1.65. The van der Waals surface area contributed by atoms with E-state index in [0.717, 1.165) is 0 Å². The summed E-state index contributed by atoms with van der Waals surface area (Å²) in [7, 11) is 0. The lowest BCUT2D eigenvalue weighted by Crippen LogP contribution is -2.50. The van der Waals surface area contributed by atoms with Crippen molar-refractivity contribution in [1.29, 1.82) is 0 Å². The topological polar surface area (TPSA) is 46.3 Å². The number of halogens is 1. The smallest absolute Gasteiger partial charge is 0.244 e. The van der Waals surface area contributed by atoms with Crippen molar-refractivity contribution in [2.24, 2.45) is 11.1 Å². The number of hydrogen-bond donors (Lipinski definition) is 1. The van der Waals surface area contributed by atoms with Crippen LogP contribution in [0.4, 0.5) is 10.1 Å². The molecule has 0 heterocycles. The quantitative estimate of drug-likeness (QED) is 0.898. The highest BCUT2D eigenvalue weighted by atomic mass is 19.1. The van der Waals surface area contributed by atoms with Crippen LogP contribution < -0.4 is 10.6 Å². The molecule has 1 aromatic rings. The lowest BCUT2D eigenvalue weighted by Gasteiger charge is -2.31. The summed E-state index contributed by atoms with van der Waals surface area (Å²) in [6.45, 7) is 8.04. The summed E-state index contributed by atoms with van der Waals surface area (Å²) >= 11 is 0.